The number of H-pyrrole nitrogens is 1. The number of carbonyl (C=O) groups is 1. The maximum atomic E-state index is 12.6. The van der Waals surface area contributed by atoms with Gasteiger partial charge in [0.25, 0.3) is 5.56 Å². The van der Waals surface area contributed by atoms with Crippen molar-refractivity contribution in [3.63, 3.8) is 0 Å². The lowest BCUT2D eigenvalue weighted by Crippen LogP contribution is -2.32. The largest absolute Gasteiger partial charge is 0.354 e. The SMILES string of the molecule is CC[C@H](C)NC(=O)CCCn1c(=S)[nH]c2ccc(Br)cc2c1=O. The van der Waals surface area contributed by atoms with Crippen molar-refractivity contribution >= 4 is 45.0 Å². The summed E-state index contributed by atoms with van der Waals surface area (Å²) in [7, 11) is 0. The molecule has 1 amide bonds. The minimum Gasteiger partial charge on any atom is -0.354 e. The molecule has 2 aromatic rings. The highest BCUT2D eigenvalue weighted by Gasteiger charge is 2.08. The molecule has 0 saturated heterocycles. The van der Waals surface area contributed by atoms with Crippen LogP contribution in [0.3, 0.4) is 0 Å². The number of halogens is 1. The van der Waals surface area contributed by atoms with E-state index >= 15 is 0 Å². The highest BCUT2D eigenvalue weighted by molar-refractivity contribution is 9.10. The van der Waals surface area contributed by atoms with Crippen molar-refractivity contribution in [2.45, 2.75) is 45.7 Å². The minimum absolute atomic E-state index is 0.00540. The summed E-state index contributed by atoms with van der Waals surface area (Å²) in [4.78, 5) is 27.4. The Morgan fingerprint density at radius 1 is 1.48 bits per heavy atom. The highest BCUT2D eigenvalue weighted by atomic mass is 79.9. The maximum absolute atomic E-state index is 12.6. The molecular weight excluding hydrogens is 378 g/mol. The molecule has 2 N–H and O–H groups in total. The zero-order valence-corrected chi connectivity index (χ0v) is 15.6. The van der Waals surface area contributed by atoms with Crippen molar-refractivity contribution in [2.24, 2.45) is 0 Å². The van der Waals surface area contributed by atoms with Crippen LogP contribution in [0.5, 0.6) is 0 Å². The summed E-state index contributed by atoms with van der Waals surface area (Å²) in [5, 5.41) is 3.50. The second-order valence-corrected chi connectivity index (χ2v) is 6.86. The Morgan fingerprint density at radius 2 is 2.22 bits per heavy atom. The van der Waals surface area contributed by atoms with E-state index in [-0.39, 0.29) is 17.5 Å². The van der Waals surface area contributed by atoms with Crippen molar-refractivity contribution in [3.8, 4) is 0 Å². The summed E-state index contributed by atoms with van der Waals surface area (Å²) in [5.41, 5.74) is 0.585. The molecule has 0 radical (unpaired) electrons. The molecule has 1 heterocycles. The first-order chi connectivity index (χ1) is 10.9. The number of benzene rings is 1. The molecule has 0 spiro atoms. The molecule has 7 heteroatoms. The summed E-state index contributed by atoms with van der Waals surface area (Å²) in [5.74, 6) is 0.00540. The molecule has 2 rings (SSSR count). The number of hydrogen-bond donors (Lipinski definition) is 2. The quantitative estimate of drug-likeness (QED) is 0.732. The Balaban J connectivity index is 2.13. The Bertz CT molecular complexity index is 828. The molecule has 0 aliphatic heterocycles. The van der Waals surface area contributed by atoms with Crippen LogP contribution in [0.25, 0.3) is 10.9 Å². The Labute approximate surface area is 148 Å². The molecule has 23 heavy (non-hydrogen) atoms. The van der Waals surface area contributed by atoms with Crippen molar-refractivity contribution < 1.29 is 4.79 Å². The van der Waals surface area contributed by atoms with E-state index in [1.54, 1.807) is 6.07 Å². The smallest absolute Gasteiger partial charge is 0.262 e. The third kappa shape index (κ3) is 4.51. The van der Waals surface area contributed by atoms with Gasteiger partial charge in [0, 0.05) is 23.5 Å². The van der Waals surface area contributed by atoms with E-state index in [0.29, 0.717) is 35.1 Å². The number of hydrogen-bond acceptors (Lipinski definition) is 3. The molecule has 0 bridgehead atoms. The number of aromatic amines is 1. The average Bonchev–Trinajstić information content (AvgIpc) is 2.51. The van der Waals surface area contributed by atoms with Gasteiger partial charge in [0.15, 0.2) is 4.77 Å². The standard InChI is InChI=1S/C16H20BrN3O2S/c1-3-10(2)18-14(21)5-4-8-20-15(22)12-9-11(17)6-7-13(12)19-16(20)23/h6-7,9-10H,3-5,8H2,1-2H3,(H,18,21)(H,19,23)/t10-/m0/s1. The summed E-state index contributed by atoms with van der Waals surface area (Å²) >= 11 is 8.63. The molecule has 0 aliphatic carbocycles. The van der Waals surface area contributed by atoms with E-state index in [2.05, 4.69) is 26.2 Å². The molecule has 0 unspecified atom stereocenters. The monoisotopic (exact) mass is 397 g/mol. The summed E-state index contributed by atoms with van der Waals surface area (Å²) < 4.78 is 2.74. The lowest BCUT2D eigenvalue weighted by atomic mass is 10.2. The Hall–Kier alpha value is -1.47. The number of aromatic nitrogens is 2. The van der Waals surface area contributed by atoms with Crippen LogP contribution in [0.1, 0.15) is 33.1 Å². The third-order valence-corrected chi connectivity index (χ3v) is 4.56. The van der Waals surface area contributed by atoms with Gasteiger partial charge in [-0.2, -0.15) is 0 Å². The predicted molar refractivity (Wildman–Crippen MR) is 98.2 cm³/mol. The third-order valence-electron chi connectivity index (χ3n) is 3.75. The average molecular weight is 398 g/mol. The lowest BCUT2D eigenvalue weighted by Gasteiger charge is -2.12. The van der Waals surface area contributed by atoms with Crippen molar-refractivity contribution in [2.75, 3.05) is 0 Å². The van der Waals surface area contributed by atoms with Crippen LogP contribution in [0.15, 0.2) is 27.5 Å². The van der Waals surface area contributed by atoms with Crippen molar-refractivity contribution in [1.29, 1.82) is 0 Å². The molecular formula is C16H20BrN3O2S. The van der Waals surface area contributed by atoms with Crippen LogP contribution in [0.4, 0.5) is 0 Å². The van der Waals surface area contributed by atoms with Gasteiger partial charge in [0.2, 0.25) is 5.91 Å². The van der Waals surface area contributed by atoms with Crippen molar-refractivity contribution in [1.82, 2.24) is 14.9 Å². The number of amides is 1. The molecule has 0 saturated carbocycles. The van der Waals surface area contributed by atoms with Crippen LogP contribution in [0.2, 0.25) is 0 Å². The van der Waals surface area contributed by atoms with Gasteiger partial charge in [-0.25, -0.2) is 0 Å². The first kappa shape index (κ1) is 17.9. The second kappa shape index (κ2) is 7.88. The molecule has 1 atom stereocenters. The first-order valence-corrected chi connectivity index (χ1v) is 8.84. The molecule has 5 nitrogen and oxygen atoms in total. The minimum atomic E-state index is -0.132. The van der Waals surface area contributed by atoms with E-state index in [1.807, 2.05) is 26.0 Å². The van der Waals surface area contributed by atoms with E-state index in [4.69, 9.17) is 12.2 Å². The van der Waals surface area contributed by atoms with Gasteiger partial charge >= 0.3 is 0 Å². The van der Waals surface area contributed by atoms with Crippen LogP contribution in [-0.2, 0) is 11.3 Å². The van der Waals surface area contributed by atoms with Gasteiger partial charge in [-0.15, -0.1) is 0 Å². The summed E-state index contributed by atoms with van der Waals surface area (Å²) in [6.45, 7) is 4.42. The molecule has 124 valence electrons. The Morgan fingerprint density at radius 3 is 2.91 bits per heavy atom. The van der Waals surface area contributed by atoms with Crippen LogP contribution in [0, 0.1) is 4.77 Å². The number of rotatable bonds is 6. The topological polar surface area (TPSA) is 66.9 Å². The van der Waals surface area contributed by atoms with Gasteiger partial charge in [-0.05, 0) is 50.2 Å². The Kier molecular flexibility index (Phi) is 6.12. The zero-order chi connectivity index (χ0) is 17.0. The van der Waals surface area contributed by atoms with Gasteiger partial charge < -0.3 is 10.3 Å². The summed E-state index contributed by atoms with van der Waals surface area (Å²) in [6, 6.07) is 5.62. The fraction of sp³-hybridized carbons (Fsp3) is 0.438. The second-order valence-electron chi connectivity index (χ2n) is 5.56. The van der Waals surface area contributed by atoms with Crippen molar-refractivity contribution in [3.05, 3.63) is 37.8 Å². The highest BCUT2D eigenvalue weighted by Crippen LogP contribution is 2.15. The predicted octanol–water partition coefficient (Wildman–Crippen LogP) is 3.52. The van der Waals surface area contributed by atoms with Gasteiger partial charge in [-0.3, -0.25) is 14.2 Å². The number of carbonyl (C=O) groups excluding carboxylic acids is 1. The first-order valence-electron chi connectivity index (χ1n) is 7.64. The lowest BCUT2D eigenvalue weighted by molar-refractivity contribution is -0.121. The van der Waals surface area contributed by atoms with E-state index in [1.165, 1.54) is 4.57 Å². The number of nitrogens with one attached hydrogen (secondary N) is 2. The van der Waals surface area contributed by atoms with Crippen LogP contribution >= 0.6 is 28.1 Å². The number of fused-ring (bicyclic) bond motifs is 1. The molecule has 0 fully saturated rings. The van der Waals surface area contributed by atoms with Crippen LogP contribution < -0.4 is 10.9 Å². The van der Waals surface area contributed by atoms with E-state index < -0.39 is 0 Å². The van der Waals surface area contributed by atoms with E-state index in [0.717, 1.165) is 10.9 Å². The molecule has 1 aromatic carbocycles. The maximum Gasteiger partial charge on any atom is 0.262 e. The van der Waals surface area contributed by atoms with Crippen LogP contribution in [-0.4, -0.2) is 21.5 Å². The molecule has 0 aliphatic rings. The zero-order valence-electron chi connectivity index (χ0n) is 13.2. The fourth-order valence-electron chi connectivity index (χ4n) is 2.27. The van der Waals surface area contributed by atoms with Gasteiger partial charge in [-0.1, -0.05) is 22.9 Å². The van der Waals surface area contributed by atoms with E-state index in [9.17, 15) is 9.59 Å². The van der Waals surface area contributed by atoms with Gasteiger partial charge in [0.1, 0.15) is 0 Å². The summed E-state index contributed by atoms with van der Waals surface area (Å²) in [6.07, 6.45) is 1.84. The fourth-order valence-corrected chi connectivity index (χ4v) is 2.92. The van der Waals surface area contributed by atoms with Gasteiger partial charge in [0.05, 0.1) is 10.9 Å². The number of nitrogens with zero attached hydrogens (tertiary/aromatic N) is 1. The molecule has 1 aromatic heterocycles. The normalized spacial score (nSPS) is 12.3.